The van der Waals surface area contributed by atoms with E-state index in [0.717, 1.165) is 4.47 Å². The molecule has 0 bridgehead atoms. The van der Waals surface area contributed by atoms with Crippen molar-refractivity contribution in [2.45, 2.75) is 0 Å². The molecule has 0 aliphatic carbocycles. The number of aromatic nitrogens is 1. The number of hydrogen-bond donors (Lipinski definition) is 1. The van der Waals surface area contributed by atoms with Crippen LogP contribution in [-0.2, 0) is 0 Å². The van der Waals surface area contributed by atoms with Crippen LogP contribution in [0.25, 0.3) is 0 Å². The fraction of sp³-hybridized carbons (Fsp3) is 0. The second-order valence-corrected chi connectivity index (χ2v) is 4.74. The molecule has 3 nitrogen and oxygen atoms in total. The minimum Gasteiger partial charge on any atom is -0.317 e. The third-order valence-corrected chi connectivity index (χ3v) is 2.95. The van der Waals surface area contributed by atoms with Gasteiger partial charge in [-0.3, -0.25) is 4.79 Å². The molecule has 0 atom stereocenters. The summed E-state index contributed by atoms with van der Waals surface area (Å²) in [5.41, 5.74) is 0.131. The van der Waals surface area contributed by atoms with Crippen molar-refractivity contribution in [1.82, 2.24) is 4.98 Å². The van der Waals surface area contributed by atoms with Crippen LogP contribution in [0.15, 0.2) is 41.0 Å². The number of pyridine rings is 1. The first kappa shape index (κ1) is 13.0. The fourth-order valence-corrected chi connectivity index (χ4v) is 1.75. The molecule has 1 aromatic carbocycles. The van der Waals surface area contributed by atoms with Crippen LogP contribution in [0.3, 0.4) is 0 Å². The fourth-order valence-electron chi connectivity index (χ4n) is 1.30. The number of carbonyl (C=O) groups is 1. The summed E-state index contributed by atoms with van der Waals surface area (Å²) in [5.74, 6) is -1.11. The van der Waals surface area contributed by atoms with Gasteiger partial charge in [-0.05, 0) is 40.2 Å². The maximum atomic E-state index is 13.5. The third kappa shape index (κ3) is 2.86. The smallest absolute Gasteiger partial charge is 0.274 e. The zero-order valence-corrected chi connectivity index (χ0v) is 11.3. The number of carbonyl (C=O) groups excluding carboxylic acids is 1. The molecular weight excluding hydrogens is 322 g/mol. The van der Waals surface area contributed by atoms with Gasteiger partial charge in [-0.25, -0.2) is 9.37 Å². The number of nitrogens with one attached hydrogen (secondary N) is 1. The summed E-state index contributed by atoms with van der Waals surface area (Å²) >= 11 is 9.01. The Morgan fingerprint density at radius 3 is 2.72 bits per heavy atom. The summed E-state index contributed by atoms with van der Waals surface area (Å²) < 4.78 is 14.2. The van der Waals surface area contributed by atoms with Gasteiger partial charge < -0.3 is 5.32 Å². The van der Waals surface area contributed by atoms with Crippen molar-refractivity contribution in [2.75, 3.05) is 5.32 Å². The predicted octanol–water partition coefficient (Wildman–Crippen LogP) is 3.89. The number of nitrogens with zero attached hydrogens (tertiary/aromatic N) is 1. The van der Waals surface area contributed by atoms with E-state index in [1.807, 2.05) is 0 Å². The number of halogens is 3. The Hall–Kier alpha value is -1.46. The van der Waals surface area contributed by atoms with E-state index in [1.54, 1.807) is 6.07 Å². The highest BCUT2D eigenvalue weighted by molar-refractivity contribution is 9.10. The number of benzene rings is 1. The lowest BCUT2D eigenvalue weighted by molar-refractivity contribution is 0.102. The molecule has 0 saturated carbocycles. The molecule has 1 amide bonds. The highest BCUT2D eigenvalue weighted by Gasteiger charge is 2.12. The molecule has 1 heterocycles. The van der Waals surface area contributed by atoms with E-state index < -0.39 is 11.7 Å². The normalized spacial score (nSPS) is 10.2. The number of anilines is 1. The lowest BCUT2D eigenvalue weighted by atomic mass is 10.3. The molecule has 92 valence electrons. The van der Waals surface area contributed by atoms with Gasteiger partial charge in [-0.1, -0.05) is 17.7 Å². The van der Waals surface area contributed by atoms with Gasteiger partial charge in [-0.15, -0.1) is 0 Å². The number of amides is 1. The van der Waals surface area contributed by atoms with Crippen molar-refractivity contribution < 1.29 is 9.18 Å². The molecule has 0 fully saturated rings. The highest BCUT2D eigenvalue weighted by atomic mass is 79.9. The van der Waals surface area contributed by atoms with Crippen molar-refractivity contribution in [1.29, 1.82) is 0 Å². The zero-order chi connectivity index (χ0) is 13.1. The molecular formula is C12H7BrClFN2O. The van der Waals surface area contributed by atoms with E-state index in [-0.39, 0.29) is 16.4 Å². The maximum absolute atomic E-state index is 13.5. The van der Waals surface area contributed by atoms with E-state index >= 15 is 0 Å². The van der Waals surface area contributed by atoms with Gasteiger partial charge in [0.1, 0.15) is 11.5 Å². The second-order valence-electron chi connectivity index (χ2n) is 3.41. The topological polar surface area (TPSA) is 42.0 Å². The number of hydrogen-bond acceptors (Lipinski definition) is 2. The molecule has 0 unspecified atom stereocenters. The summed E-state index contributed by atoms with van der Waals surface area (Å²) in [6, 6.07) is 7.37. The molecule has 2 aromatic rings. The van der Waals surface area contributed by atoms with E-state index in [2.05, 4.69) is 26.2 Å². The molecule has 0 aliphatic heterocycles. The largest absolute Gasteiger partial charge is 0.317 e. The van der Waals surface area contributed by atoms with Crippen LogP contribution in [-0.4, -0.2) is 10.9 Å². The summed E-state index contributed by atoms with van der Waals surface area (Å²) in [7, 11) is 0. The first-order valence-electron chi connectivity index (χ1n) is 4.95. The molecule has 0 radical (unpaired) electrons. The Bertz CT molecular complexity index is 569. The SMILES string of the molecule is O=C(Nc1c(F)cccc1Cl)c1ccc(Br)cn1. The molecule has 1 aromatic heterocycles. The molecule has 0 aliphatic rings. The van der Waals surface area contributed by atoms with Gasteiger partial charge in [0.15, 0.2) is 0 Å². The average Bonchev–Trinajstić information content (AvgIpc) is 2.34. The van der Waals surface area contributed by atoms with Crippen molar-refractivity contribution >= 4 is 39.1 Å². The van der Waals surface area contributed by atoms with Crippen LogP contribution >= 0.6 is 27.5 Å². The van der Waals surface area contributed by atoms with E-state index in [9.17, 15) is 9.18 Å². The minimum absolute atomic E-state index is 0.0473. The van der Waals surface area contributed by atoms with Gasteiger partial charge in [-0.2, -0.15) is 0 Å². The van der Waals surface area contributed by atoms with Crippen LogP contribution in [0.2, 0.25) is 5.02 Å². The van der Waals surface area contributed by atoms with Crippen molar-refractivity contribution in [2.24, 2.45) is 0 Å². The van der Waals surface area contributed by atoms with Crippen LogP contribution in [0, 0.1) is 5.82 Å². The molecule has 0 saturated heterocycles. The Labute approximate surface area is 116 Å². The molecule has 0 spiro atoms. The van der Waals surface area contributed by atoms with E-state index in [1.165, 1.54) is 30.5 Å². The predicted molar refractivity (Wildman–Crippen MR) is 71.3 cm³/mol. The Kier molecular flexibility index (Phi) is 3.93. The lowest BCUT2D eigenvalue weighted by Crippen LogP contribution is -2.14. The number of rotatable bonds is 2. The van der Waals surface area contributed by atoms with Gasteiger partial charge in [0.2, 0.25) is 0 Å². The lowest BCUT2D eigenvalue weighted by Gasteiger charge is -2.07. The Balaban J connectivity index is 2.24. The summed E-state index contributed by atoms with van der Waals surface area (Å²) in [6.45, 7) is 0. The van der Waals surface area contributed by atoms with Crippen molar-refractivity contribution in [3.05, 3.63) is 57.5 Å². The summed E-state index contributed by atoms with van der Waals surface area (Å²) in [5, 5.41) is 2.53. The molecule has 1 N–H and O–H groups in total. The first-order valence-corrected chi connectivity index (χ1v) is 6.12. The van der Waals surface area contributed by atoms with E-state index in [0.29, 0.717) is 0 Å². The second kappa shape index (κ2) is 5.46. The standard InChI is InChI=1S/C12H7BrClFN2O/c13-7-4-5-10(16-6-7)12(18)17-11-8(14)2-1-3-9(11)15/h1-6H,(H,17,18). The molecule has 6 heteroatoms. The van der Waals surface area contributed by atoms with Crippen LogP contribution in [0.4, 0.5) is 10.1 Å². The number of para-hydroxylation sites is 1. The monoisotopic (exact) mass is 328 g/mol. The molecule has 18 heavy (non-hydrogen) atoms. The summed E-state index contributed by atoms with van der Waals surface area (Å²) in [6.07, 6.45) is 1.48. The third-order valence-electron chi connectivity index (χ3n) is 2.16. The van der Waals surface area contributed by atoms with Crippen LogP contribution in [0.5, 0.6) is 0 Å². The molecule has 2 rings (SSSR count). The Morgan fingerprint density at radius 2 is 2.11 bits per heavy atom. The summed E-state index contributed by atoms with van der Waals surface area (Å²) in [4.78, 5) is 15.7. The van der Waals surface area contributed by atoms with Gasteiger partial charge in [0.25, 0.3) is 5.91 Å². The van der Waals surface area contributed by atoms with Crippen molar-refractivity contribution in [3.8, 4) is 0 Å². The van der Waals surface area contributed by atoms with Crippen LogP contribution < -0.4 is 5.32 Å². The van der Waals surface area contributed by atoms with E-state index in [4.69, 9.17) is 11.6 Å². The quantitative estimate of drug-likeness (QED) is 0.908. The van der Waals surface area contributed by atoms with Crippen molar-refractivity contribution in [3.63, 3.8) is 0 Å². The highest BCUT2D eigenvalue weighted by Crippen LogP contribution is 2.25. The average molecular weight is 330 g/mol. The minimum atomic E-state index is -0.590. The zero-order valence-electron chi connectivity index (χ0n) is 8.95. The Morgan fingerprint density at radius 1 is 1.33 bits per heavy atom. The van der Waals surface area contributed by atoms with Gasteiger partial charge >= 0.3 is 0 Å². The van der Waals surface area contributed by atoms with Gasteiger partial charge in [0, 0.05) is 10.7 Å². The van der Waals surface area contributed by atoms with Gasteiger partial charge in [0.05, 0.1) is 10.7 Å². The first-order chi connectivity index (χ1) is 8.58. The maximum Gasteiger partial charge on any atom is 0.274 e. The van der Waals surface area contributed by atoms with Crippen LogP contribution in [0.1, 0.15) is 10.5 Å².